The van der Waals surface area contributed by atoms with Crippen molar-refractivity contribution in [1.82, 2.24) is 10.2 Å². The highest BCUT2D eigenvalue weighted by molar-refractivity contribution is 5.27. The van der Waals surface area contributed by atoms with Gasteiger partial charge in [-0.25, -0.2) is 0 Å². The Balaban J connectivity index is 1.73. The molecule has 1 aromatic carbocycles. The Morgan fingerprint density at radius 1 is 1.10 bits per heavy atom. The van der Waals surface area contributed by atoms with Crippen LogP contribution in [0.15, 0.2) is 24.3 Å². The van der Waals surface area contributed by atoms with Crippen LogP contribution in [0.25, 0.3) is 0 Å². The number of nitrogens with zero attached hydrogens (tertiary/aromatic N) is 1. The molecule has 2 fully saturated rings. The lowest BCUT2D eigenvalue weighted by molar-refractivity contribution is 0.0572. The molecule has 0 amide bonds. The van der Waals surface area contributed by atoms with E-state index in [2.05, 4.69) is 55.3 Å². The van der Waals surface area contributed by atoms with Gasteiger partial charge in [0.15, 0.2) is 0 Å². The van der Waals surface area contributed by atoms with Crippen molar-refractivity contribution in [3.63, 3.8) is 0 Å². The fourth-order valence-corrected chi connectivity index (χ4v) is 3.99. The minimum atomic E-state index is 0.250. The van der Waals surface area contributed by atoms with E-state index in [1.54, 1.807) is 0 Å². The zero-order valence-electron chi connectivity index (χ0n) is 13.9. The summed E-state index contributed by atoms with van der Waals surface area (Å²) in [4.78, 5) is 2.75. The molecule has 116 valence electrons. The fourth-order valence-electron chi connectivity index (χ4n) is 3.99. The maximum Gasteiger partial charge on any atom is 0.0338 e. The monoisotopic (exact) mass is 286 g/mol. The molecule has 1 aromatic rings. The van der Waals surface area contributed by atoms with E-state index in [9.17, 15) is 0 Å². The molecule has 2 nitrogen and oxygen atoms in total. The van der Waals surface area contributed by atoms with Crippen molar-refractivity contribution in [1.29, 1.82) is 0 Å². The summed E-state index contributed by atoms with van der Waals surface area (Å²) in [5.74, 6) is 0. The Labute approximate surface area is 129 Å². The third-order valence-corrected chi connectivity index (χ3v) is 5.41. The maximum atomic E-state index is 3.62. The fraction of sp³-hybridized carbons (Fsp3) is 0.684. The highest BCUT2D eigenvalue weighted by Crippen LogP contribution is 2.37. The van der Waals surface area contributed by atoms with Crippen molar-refractivity contribution in [2.45, 2.75) is 64.0 Å². The first-order valence-electron chi connectivity index (χ1n) is 8.55. The van der Waals surface area contributed by atoms with Gasteiger partial charge < -0.3 is 5.32 Å². The van der Waals surface area contributed by atoms with Gasteiger partial charge in [-0.15, -0.1) is 0 Å². The minimum absolute atomic E-state index is 0.250. The summed E-state index contributed by atoms with van der Waals surface area (Å²) in [5, 5.41) is 3.62. The number of nitrogens with one attached hydrogen (secondary N) is 1. The van der Waals surface area contributed by atoms with Gasteiger partial charge in [0.25, 0.3) is 0 Å². The van der Waals surface area contributed by atoms with Gasteiger partial charge in [-0.05, 0) is 29.4 Å². The molecule has 21 heavy (non-hydrogen) atoms. The van der Waals surface area contributed by atoms with E-state index in [0.29, 0.717) is 5.54 Å². The van der Waals surface area contributed by atoms with Crippen LogP contribution in [0, 0.1) is 0 Å². The van der Waals surface area contributed by atoms with E-state index in [1.165, 1.54) is 49.9 Å². The summed E-state index contributed by atoms with van der Waals surface area (Å²) in [5.41, 5.74) is 3.60. The smallest absolute Gasteiger partial charge is 0.0338 e. The lowest BCUT2D eigenvalue weighted by Crippen LogP contribution is -2.59. The van der Waals surface area contributed by atoms with Crippen LogP contribution in [-0.4, -0.2) is 30.1 Å². The molecule has 0 radical (unpaired) electrons. The second kappa shape index (κ2) is 5.73. The van der Waals surface area contributed by atoms with E-state index < -0.39 is 0 Å². The molecule has 1 saturated carbocycles. The van der Waals surface area contributed by atoms with E-state index in [4.69, 9.17) is 0 Å². The molecule has 3 rings (SSSR count). The Morgan fingerprint density at radius 2 is 1.76 bits per heavy atom. The maximum absolute atomic E-state index is 3.62. The van der Waals surface area contributed by atoms with Gasteiger partial charge >= 0.3 is 0 Å². The van der Waals surface area contributed by atoms with Gasteiger partial charge in [-0.2, -0.15) is 0 Å². The Kier molecular flexibility index (Phi) is 4.11. The van der Waals surface area contributed by atoms with E-state index in [1.807, 2.05) is 0 Å². The number of hydrogen-bond donors (Lipinski definition) is 1. The first kappa shape index (κ1) is 15.1. The molecule has 0 atom stereocenters. The minimum Gasteiger partial charge on any atom is -0.314 e. The van der Waals surface area contributed by atoms with Crippen molar-refractivity contribution in [2.75, 3.05) is 19.6 Å². The second-order valence-corrected chi connectivity index (χ2v) is 7.98. The predicted molar refractivity (Wildman–Crippen MR) is 89.6 cm³/mol. The molecule has 0 unspecified atom stereocenters. The van der Waals surface area contributed by atoms with E-state index >= 15 is 0 Å². The molecule has 1 N–H and O–H groups in total. The summed E-state index contributed by atoms with van der Waals surface area (Å²) < 4.78 is 0. The highest BCUT2D eigenvalue weighted by atomic mass is 15.3. The normalized spacial score (nSPS) is 22.8. The lowest BCUT2D eigenvalue weighted by Gasteiger charge is -2.45. The van der Waals surface area contributed by atoms with E-state index in [0.717, 1.165) is 13.1 Å². The summed E-state index contributed by atoms with van der Waals surface area (Å²) in [6.45, 7) is 11.5. The quantitative estimate of drug-likeness (QED) is 0.892. The first-order valence-corrected chi connectivity index (χ1v) is 8.55. The van der Waals surface area contributed by atoms with Crippen molar-refractivity contribution >= 4 is 0 Å². The van der Waals surface area contributed by atoms with Crippen molar-refractivity contribution < 1.29 is 0 Å². The largest absolute Gasteiger partial charge is 0.314 e. The molecule has 2 aliphatic rings. The van der Waals surface area contributed by atoms with Gasteiger partial charge in [-0.1, -0.05) is 57.9 Å². The standard InChI is InChI=1S/C19H30N2/c1-18(2,3)17-8-6-16(7-9-17)14-21-13-12-20-15-19(21)10-4-5-11-19/h6-9,20H,4-5,10-15H2,1-3H3. The molecule has 1 aliphatic carbocycles. The summed E-state index contributed by atoms with van der Waals surface area (Å²) >= 11 is 0. The molecule has 1 heterocycles. The zero-order valence-corrected chi connectivity index (χ0v) is 13.9. The lowest BCUT2D eigenvalue weighted by atomic mass is 9.86. The van der Waals surface area contributed by atoms with Crippen LogP contribution in [0.1, 0.15) is 57.6 Å². The molecule has 1 spiro atoms. The Morgan fingerprint density at radius 3 is 2.38 bits per heavy atom. The van der Waals surface area contributed by atoms with Crippen LogP contribution in [0.4, 0.5) is 0 Å². The average Bonchev–Trinajstić information content (AvgIpc) is 2.91. The second-order valence-electron chi connectivity index (χ2n) is 7.98. The van der Waals surface area contributed by atoms with Gasteiger partial charge in [-0.3, -0.25) is 4.90 Å². The first-order chi connectivity index (χ1) is 10.00. The molecular formula is C19H30N2. The van der Waals surface area contributed by atoms with Crippen LogP contribution in [0.3, 0.4) is 0 Å². The summed E-state index contributed by atoms with van der Waals surface area (Å²) in [6.07, 6.45) is 5.56. The van der Waals surface area contributed by atoms with Gasteiger partial charge in [0.2, 0.25) is 0 Å². The Hall–Kier alpha value is -0.860. The number of hydrogen-bond acceptors (Lipinski definition) is 2. The molecular weight excluding hydrogens is 256 g/mol. The molecule has 1 saturated heterocycles. The summed E-state index contributed by atoms with van der Waals surface area (Å²) in [7, 11) is 0. The third kappa shape index (κ3) is 3.17. The zero-order chi connectivity index (χ0) is 14.9. The highest BCUT2D eigenvalue weighted by Gasteiger charge is 2.40. The molecule has 0 bridgehead atoms. The third-order valence-electron chi connectivity index (χ3n) is 5.41. The van der Waals surface area contributed by atoms with Gasteiger partial charge in [0.05, 0.1) is 0 Å². The van der Waals surface area contributed by atoms with Crippen LogP contribution in [0.2, 0.25) is 0 Å². The molecule has 0 aromatic heterocycles. The number of rotatable bonds is 2. The van der Waals surface area contributed by atoms with Gasteiger partial charge in [0, 0.05) is 31.7 Å². The van der Waals surface area contributed by atoms with Crippen LogP contribution >= 0.6 is 0 Å². The van der Waals surface area contributed by atoms with E-state index in [-0.39, 0.29) is 5.41 Å². The Bertz CT molecular complexity index is 463. The van der Waals surface area contributed by atoms with Crippen LogP contribution in [0.5, 0.6) is 0 Å². The molecule has 1 aliphatic heterocycles. The topological polar surface area (TPSA) is 15.3 Å². The predicted octanol–water partition coefficient (Wildman–Crippen LogP) is 3.70. The number of piperazine rings is 1. The van der Waals surface area contributed by atoms with Gasteiger partial charge in [0.1, 0.15) is 0 Å². The van der Waals surface area contributed by atoms with Crippen molar-refractivity contribution in [2.24, 2.45) is 0 Å². The van der Waals surface area contributed by atoms with Crippen LogP contribution in [-0.2, 0) is 12.0 Å². The SMILES string of the molecule is CC(C)(C)c1ccc(CN2CCNCC23CCCC3)cc1. The summed E-state index contributed by atoms with van der Waals surface area (Å²) in [6, 6.07) is 9.31. The average molecular weight is 286 g/mol. The van der Waals surface area contributed by atoms with Crippen molar-refractivity contribution in [3.8, 4) is 0 Å². The number of benzene rings is 1. The van der Waals surface area contributed by atoms with Crippen LogP contribution < -0.4 is 5.32 Å². The molecule has 2 heteroatoms. The van der Waals surface area contributed by atoms with Crippen molar-refractivity contribution in [3.05, 3.63) is 35.4 Å².